The monoisotopic (exact) mass is 280 g/mol. The Morgan fingerprint density at radius 1 is 1.33 bits per heavy atom. The van der Waals surface area contributed by atoms with Gasteiger partial charge in [0.15, 0.2) is 5.78 Å². The van der Waals surface area contributed by atoms with Gasteiger partial charge in [0, 0.05) is 5.56 Å². The molecule has 4 heteroatoms. The highest BCUT2D eigenvalue weighted by Crippen LogP contribution is 2.36. The average Bonchev–Trinajstić information content (AvgIpc) is 2.49. The molecular formula is C17H17BO3. The second-order valence-electron chi connectivity index (χ2n) is 5.10. The van der Waals surface area contributed by atoms with Crippen LogP contribution in [0.2, 0.25) is 0 Å². The highest BCUT2D eigenvalue weighted by molar-refractivity contribution is 6.43. The second-order valence-corrected chi connectivity index (χ2v) is 5.10. The van der Waals surface area contributed by atoms with Gasteiger partial charge in [-0.1, -0.05) is 37.8 Å². The SMILES string of the molecule is [B]C1=C(CC(C)C(=O)OCC)C(=C)c2ccccc2C1=O. The van der Waals surface area contributed by atoms with Gasteiger partial charge in [0.2, 0.25) is 0 Å². The fourth-order valence-corrected chi connectivity index (χ4v) is 2.46. The normalized spacial score (nSPS) is 15.7. The van der Waals surface area contributed by atoms with Crippen LogP contribution in [0.5, 0.6) is 0 Å². The van der Waals surface area contributed by atoms with Gasteiger partial charge in [-0.2, -0.15) is 0 Å². The minimum absolute atomic E-state index is 0.176. The predicted molar refractivity (Wildman–Crippen MR) is 83.0 cm³/mol. The zero-order valence-corrected chi connectivity index (χ0v) is 12.3. The number of benzene rings is 1. The number of allylic oxidation sites excluding steroid dienone is 3. The molecule has 0 heterocycles. The summed E-state index contributed by atoms with van der Waals surface area (Å²) >= 11 is 0. The summed E-state index contributed by atoms with van der Waals surface area (Å²) < 4.78 is 5.00. The number of Topliss-reactive ketones (excluding diaryl/α,β-unsaturated/α-hetero) is 1. The zero-order chi connectivity index (χ0) is 15.6. The fourth-order valence-electron chi connectivity index (χ4n) is 2.46. The number of ketones is 1. The molecule has 0 amide bonds. The van der Waals surface area contributed by atoms with E-state index in [0.717, 1.165) is 5.56 Å². The standard InChI is InChI=1S/C17H17BO3/c1-4-21-17(20)10(2)9-14-11(3)12-7-5-6-8-13(12)16(19)15(14)18/h5-8,10H,3-4,9H2,1-2H3. The Hall–Kier alpha value is -2.10. The van der Waals surface area contributed by atoms with Crippen molar-refractivity contribution in [2.24, 2.45) is 5.92 Å². The largest absolute Gasteiger partial charge is 0.466 e. The summed E-state index contributed by atoms with van der Waals surface area (Å²) in [5, 5.41) is 0. The van der Waals surface area contributed by atoms with Crippen LogP contribution in [0.15, 0.2) is 41.9 Å². The van der Waals surface area contributed by atoms with Crippen LogP contribution in [-0.2, 0) is 9.53 Å². The Kier molecular flexibility index (Phi) is 4.46. The Morgan fingerprint density at radius 2 is 1.95 bits per heavy atom. The molecular weight excluding hydrogens is 263 g/mol. The summed E-state index contributed by atoms with van der Waals surface area (Å²) in [7, 11) is 5.97. The summed E-state index contributed by atoms with van der Waals surface area (Å²) in [6.07, 6.45) is 0.351. The molecule has 1 aliphatic rings. The molecule has 0 spiro atoms. The van der Waals surface area contributed by atoms with Crippen molar-refractivity contribution >= 4 is 25.2 Å². The molecule has 106 valence electrons. The smallest absolute Gasteiger partial charge is 0.308 e. The first kappa shape index (κ1) is 15.3. The lowest BCUT2D eigenvalue weighted by atomic mass is 9.72. The van der Waals surface area contributed by atoms with Crippen molar-refractivity contribution in [1.82, 2.24) is 0 Å². The topological polar surface area (TPSA) is 43.4 Å². The minimum Gasteiger partial charge on any atom is -0.466 e. The summed E-state index contributed by atoms with van der Waals surface area (Å²) in [6, 6.07) is 7.23. The van der Waals surface area contributed by atoms with Crippen molar-refractivity contribution < 1.29 is 14.3 Å². The molecule has 3 nitrogen and oxygen atoms in total. The van der Waals surface area contributed by atoms with E-state index in [4.69, 9.17) is 12.6 Å². The number of ether oxygens (including phenoxy) is 1. The van der Waals surface area contributed by atoms with E-state index in [2.05, 4.69) is 6.58 Å². The highest BCUT2D eigenvalue weighted by atomic mass is 16.5. The van der Waals surface area contributed by atoms with Crippen molar-refractivity contribution in [3.63, 3.8) is 0 Å². The number of fused-ring (bicyclic) bond motifs is 1. The van der Waals surface area contributed by atoms with Crippen LogP contribution in [0.25, 0.3) is 5.57 Å². The third kappa shape index (κ3) is 2.84. The van der Waals surface area contributed by atoms with Gasteiger partial charge < -0.3 is 4.74 Å². The van der Waals surface area contributed by atoms with E-state index in [1.165, 1.54) is 0 Å². The van der Waals surface area contributed by atoms with Crippen molar-refractivity contribution in [2.45, 2.75) is 20.3 Å². The Bertz CT molecular complexity index is 643. The predicted octanol–water partition coefficient (Wildman–Crippen LogP) is 2.91. The number of carbonyl (C=O) groups is 2. The molecule has 21 heavy (non-hydrogen) atoms. The van der Waals surface area contributed by atoms with E-state index in [1.54, 1.807) is 26.0 Å². The molecule has 0 fully saturated rings. The number of carbonyl (C=O) groups excluding carboxylic acids is 2. The lowest BCUT2D eigenvalue weighted by molar-refractivity contribution is -0.147. The quantitative estimate of drug-likeness (QED) is 0.629. The van der Waals surface area contributed by atoms with E-state index >= 15 is 0 Å². The van der Waals surface area contributed by atoms with Crippen LogP contribution in [0.4, 0.5) is 0 Å². The molecule has 0 aromatic heterocycles. The maximum absolute atomic E-state index is 12.3. The van der Waals surface area contributed by atoms with E-state index in [0.29, 0.717) is 29.7 Å². The first-order valence-electron chi connectivity index (χ1n) is 6.96. The van der Waals surface area contributed by atoms with Crippen LogP contribution >= 0.6 is 0 Å². The van der Waals surface area contributed by atoms with Gasteiger partial charge in [0.25, 0.3) is 0 Å². The molecule has 1 unspecified atom stereocenters. The van der Waals surface area contributed by atoms with E-state index in [9.17, 15) is 9.59 Å². The molecule has 0 bridgehead atoms. The summed E-state index contributed by atoms with van der Waals surface area (Å²) in [6.45, 7) is 7.89. The first-order valence-corrected chi connectivity index (χ1v) is 6.96. The van der Waals surface area contributed by atoms with E-state index < -0.39 is 0 Å². The summed E-state index contributed by atoms with van der Waals surface area (Å²) in [5.74, 6) is -0.866. The number of esters is 1. The maximum atomic E-state index is 12.3. The van der Waals surface area contributed by atoms with Crippen LogP contribution in [0.1, 0.15) is 36.2 Å². The van der Waals surface area contributed by atoms with E-state index in [1.807, 2.05) is 12.1 Å². The average molecular weight is 280 g/mol. The lowest BCUT2D eigenvalue weighted by Crippen LogP contribution is -2.20. The number of hydrogen-bond donors (Lipinski definition) is 0. The van der Waals surface area contributed by atoms with Gasteiger partial charge in [-0.25, -0.2) is 0 Å². The third-order valence-electron chi connectivity index (χ3n) is 3.63. The van der Waals surface area contributed by atoms with Crippen LogP contribution in [0, 0.1) is 5.92 Å². The fraction of sp³-hybridized carbons (Fsp3) is 0.294. The van der Waals surface area contributed by atoms with Gasteiger partial charge in [0.05, 0.1) is 12.5 Å². The first-order chi connectivity index (χ1) is 9.97. The third-order valence-corrected chi connectivity index (χ3v) is 3.63. The Morgan fingerprint density at radius 3 is 2.57 bits per heavy atom. The Labute approximate surface area is 126 Å². The van der Waals surface area contributed by atoms with Crippen molar-refractivity contribution in [2.75, 3.05) is 6.61 Å². The van der Waals surface area contributed by atoms with Crippen LogP contribution in [-0.4, -0.2) is 26.2 Å². The van der Waals surface area contributed by atoms with Crippen molar-refractivity contribution in [1.29, 1.82) is 0 Å². The highest BCUT2D eigenvalue weighted by Gasteiger charge is 2.27. The van der Waals surface area contributed by atoms with Gasteiger partial charge in [0.1, 0.15) is 7.85 Å². The van der Waals surface area contributed by atoms with Gasteiger partial charge in [-0.3, -0.25) is 9.59 Å². The summed E-state index contributed by atoms with van der Waals surface area (Å²) in [4.78, 5) is 24.1. The van der Waals surface area contributed by atoms with Crippen molar-refractivity contribution in [3.8, 4) is 0 Å². The van der Waals surface area contributed by atoms with Gasteiger partial charge >= 0.3 is 5.97 Å². The van der Waals surface area contributed by atoms with E-state index in [-0.39, 0.29) is 23.1 Å². The second kappa shape index (κ2) is 6.12. The maximum Gasteiger partial charge on any atom is 0.308 e. The Balaban J connectivity index is 2.32. The van der Waals surface area contributed by atoms with Crippen molar-refractivity contribution in [3.05, 3.63) is 53.0 Å². The number of rotatable bonds is 4. The molecule has 0 N–H and O–H groups in total. The molecule has 1 aliphatic carbocycles. The van der Waals surface area contributed by atoms with Crippen LogP contribution in [0.3, 0.4) is 0 Å². The molecule has 0 saturated heterocycles. The lowest BCUT2D eigenvalue weighted by Gasteiger charge is -2.24. The molecule has 0 aliphatic heterocycles. The molecule has 1 aromatic carbocycles. The molecule has 2 radical (unpaired) electrons. The number of hydrogen-bond acceptors (Lipinski definition) is 3. The van der Waals surface area contributed by atoms with Gasteiger partial charge in [-0.05, 0) is 35.5 Å². The van der Waals surface area contributed by atoms with Crippen LogP contribution < -0.4 is 0 Å². The summed E-state index contributed by atoms with van der Waals surface area (Å²) in [5.41, 5.74) is 2.86. The molecule has 1 atom stereocenters. The molecule has 1 aromatic rings. The zero-order valence-electron chi connectivity index (χ0n) is 12.3. The minimum atomic E-state index is -0.367. The molecule has 0 saturated carbocycles. The van der Waals surface area contributed by atoms with Gasteiger partial charge in [-0.15, -0.1) is 0 Å². The molecule has 2 rings (SSSR count).